The molecule has 0 saturated heterocycles. The summed E-state index contributed by atoms with van der Waals surface area (Å²) in [7, 11) is 0. The molecule has 1 heterocycles. The highest BCUT2D eigenvalue weighted by Crippen LogP contribution is 2.34. The molecule has 1 aromatic rings. The van der Waals surface area contributed by atoms with Crippen molar-refractivity contribution in [3.63, 3.8) is 0 Å². The molecule has 0 spiro atoms. The van der Waals surface area contributed by atoms with E-state index in [1.165, 1.54) is 17.7 Å². The summed E-state index contributed by atoms with van der Waals surface area (Å²) in [6.45, 7) is 8.93. The molecule has 2 heteroatoms. The molecular formula is C12H21NS. The van der Waals surface area contributed by atoms with Crippen LogP contribution in [-0.2, 0) is 5.41 Å². The molecule has 0 atom stereocenters. The minimum absolute atomic E-state index is 0.365. The van der Waals surface area contributed by atoms with Crippen molar-refractivity contribution in [2.45, 2.75) is 39.0 Å². The lowest BCUT2D eigenvalue weighted by atomic mass is 9.81. The number of nitrogens with one attached hydrogen (secondary N) is 1. The molecule has 0 bridgehead atoms. The van der Waals surface area contributed by atoms with Crippen molar-refractivity contribution in [3.8, 4) is 0 Å². The summed E-state index contributed by atoms with van der Waals surface area (Å²) in [4.78, 5) is 1.53. The van der Waals surface area contributed by atoms with Crippen molar-refractivity contribution in [1.82, 2.24) is 5.32 Å². The van der Waals surface area contributed by atoms with Gasteiger partial charge in [-0.15, -0.1) is 11.3 Å². The van der Waals surface area contributed by atoms with Crippen LogP contribution in [0.25, 0.3) is 0 Å². The Hall–Kier alpha value is -0.340. The normalized spacial score (nSPS) is 11.9. The van der Waals surface area contributed by atoms with Crippen LogP contribution in [-0.4, -0.2) is 13.1 Å². The predicted molar refractivity (Wildman–Crippen MR) is 65.1 cm³/mol. The van der Waals surface area contributed by atoms with Crippen molar-refractivity contribution in [2.75, 3.05) is 13.1 Å². The lowest BCUT2D eigenvalue weighted by molar-refractivity contribution is 0.379. The first-order valence-corrected chi connectivity index (χ1v) is 6.41. The lowest BCUT2D eigenvalue weighted by Gasteiger charge is -2.31. The molecule has 0 fully saturated rings. The molecule has 0 saturated carbocycles. The second-order valence-electron chi connectivity index (χ2n) is 3.75. The molecule has 1 rings (SSSR count). The molecule has 1 aromatic heterocycles. The zero-order chi connectivity index (χ0) is 10.4. The van der Waals surface area contributed by atoms with Gasteiger partial charge in [-0.1, -0.05) is 26.8 Å². The summed E-state index contributed by atoms with van der Waals surface area (Å²) in [6, 6.07) is 4.43. The van der Waals surface area contributed by atoms with Crippen LogP contribution >= 0.6 is 11.3 Å². The van der Waals surface area contributed by atoms with E-state index in [1.807, 2.05) is 11.3 Å². The van der Waals surface area contributed by atoms with Crippen LogP contribution in [0.1, 0.15) is 38.5 Å². The number of hydrogen-bond donors (Lipinski definition) is 1. The summed E-state index contributed by atoms with van der Waals surface area (Å²) in [6.07, 6.45) is 2.44. The standard InChI is InChI=1S/C12H21NS/c1-4-12(5-2,10-13-6-3)11-8-7-9-14-11/h7-9,13H,4-6,10H2,1-3H3. The van der Waals surface area contributed by atoms with E-state index < -0.39 is 0 Å². The molecule has 0 aliphatic heterocycles. The van der Waals surface area contributed by atoms with Gasteiger partial charge in [-0.25, -0.2) is 0 Å². The maximum absolute atomic E-state index is 3.49. The van der Waals surface area contributed by atoms with Crippen LogP contribution in [0.3, 0.4) is 0 Å². The minimum atomic E-state index is 0.365. The molecule has 0 amide bonds. The smallest absolute Gasteiger partial charge is 0.0166 e. The van der Waals surface area contributed by atoms with Gasteiger partial charge in [-0.3, -0.25) is 0 Å². The third-order valence-corrected chi connectivity index (χ3v) is 4.23. The molecule has 80 valence electrons. The first kappa shape index (κ1) is 11.7. The van der Waals surface area contributed by atoms with Crippen LogP contribution in [0.5, 0.6) is 0 Å². The second kappa shape index (κ2) is 5.52. The lowest BCUT2D eigenvalue weighted by Crippen LogP contribution is -2.36. The predicted octanol–water partition coefficient (Wildman–Crippen LogP) is 3.42. The number of rotatable bonds is 6. The third-order valence-electron chi connectivity index (χ3n) is 3.11. The molecule has 1 N–H and O–H groups in total. The molecule has 0 unspecified atom stereocenters. The van der Waals surface area contributed by atoms with Gasteiger partial charge in [0.15, 0.2) is 0 Å². The molecule has 1 nitrogen and oxygen atoms in total. The molecule has 0 radical (unpaired) electrons. The van der Waals surface area contributed by atoms with Crippen molar-refractivity contribution in [3.05, 3.63) is 22.4 Å². The molecule has 0 aromatic carbocycles. The van der Waals surface area contributed by atoms with Gasteiger partial charge < -0.3 is 5.32 Å². The Balaban J connectivity index is 2.80. The van der Waals surface area contributed by atoms with E-state index in [4.69, 9.17) is 0 Å². The summed E-state index contributed by atoms with van der Waals surface area (Å²) in [5.74, 6) is 0. The average molecular weight is 211 g/mol. The Morgan fingerprint density at radius 2 is 2.00 bits per heavy atom. The van der Waals surface area contributed by atoms with Gasteiger partial charge in [0, 0.05) is 16.8 Å². The van der Waals surface area contributed by atoms with E-state index in [-0.39, 0.29) is 0 Å². The van der Waals surface area contributed by atoms with Gasteiger partial charge in [0.2, 0.25) is 0 Å². The zero-order valence-corrected chi connectivity index (χ0v) is 10.3. The van der Waals surface area contributed by atoms with Crippen LogP contribution in [0.4, 0.5) is 0 Å². The Morgan fingerprint density at radius 3 is 2.43 bits per heavy atom. The van der Waals surface area contributed by atoms with Crippen LogP contribution < -0.4 is 5.32 Å². The number of likely N-dealkylation sites (N-methyl/N-ethyl adjacent to an activating group) is 1. The van der Waals surface area contributed by atoms with Crippen molar-refractivity contribution in [2.24, 2.45) is 0 Å². The summed E-state index contributed by atoms with van der Waals surface area (Å²) in [5, 5.41) is 5.67. The average Bonchev–Trinajstić information content (AvgIpc) is 2.74. The maximum atomic E-state index is 3.49. The van der Waals surface area contributed by atoms with Gasteiger partial charge in [0.1, 0.15) is 0 Å². The largest absolute Gasteiger partial charge is 0.316 e. The van der Waals surface area contributed by atoms with E-state index >= 15 is 0 Å². The fourth-order valence-corrected chi connectivity index (χ4v) is 2.95. The fourth-order valence-electron chi connectivity index (χ4n) is 1.88. The Bertz CT molecular complexity index is 237. The van der Waals surface area contributed by atoms with Gasteiger partial charge in [-0.2, -0.15) is 0 Å². The highest BCUT2D eigenvalue weighted by atomic mass is 32.1. The van der Waals surface area contributed by atoms with Crippen molar-refractivity contribution in [1.29, 1.82) is 0 Å². The summed E-state index contributed by atoms with van der Waals surface area (Å²) >= 11 is 1.89. The van der Waals surface area contributed by atoms with Gasteiger partial charge >= 0.3 is 0 Å². The van der Waals surface area contributed by atoms with E-state index in [1.54, 1.807) is 0 Å². The highest BCUT2D eigenvalue weighted by Gasteiger charge is 2.28. The minimum Gasteiger partial charge on any atom is -0.316 e. The van der Waals surface area contributed by atoms with E-state index in [0.29, 0.717) is 5.41 Å². The van der Waals surface area contributed by atoms with Crippen LogP contribution in [0.15, 0.2) is 17.5 Å². The quantitative estimate of drug-likeness (QED) is 0.760. The Kier molecular flexibility index (Phi) is 4.63. The highest BCUT2D eigenvalue weighted by molar-refractivity contribution is 7.10. The van der Waals surface area contributed by atoms with Gasteiger partial charge in [-0.05, 0) is 30.8 Å². The first-order valence-electron chi connectivity index (χ1n) is 5.53. The fraction of sp³-hybridized carbons (Fsp3) is 0.667. The first-order chi connectivity index (χ1) is 6.79. The maximum Gasteiger partial charge on any atom is 0.0166 e. The van der Waals surface area contributed by atoms with Crippen LogP contribution in [0.2, 0.25) is 0 Å². The molecule has 14 heavy (non-hydrogen) atoms. The molecule has 0 aliphatic rings. The van der Waals surface area contributed by atoms with Crippen molar-refractivity contribution < 1.29 is 0 Å². The van der Waals surface area contributed by atoms with E-state index in [2.05, 4.69) is 43.6 Å². The SMILES string of the molecule is CCNCC(CC)(CC)c1cccs1. The number of hydrogen-bond acceptors (Lipinski definition) is 2. The topological polar surface area (TPSA) is 12.0 Å². The van der Waals surface area contributed by atoms with Crippen molar-refractivity contribution >= 4 is 11.3 Å². The molecule has 0 aliphatic carbocycles. The zero-order valence-electron chi connectivity index (χ0n) is 9.47. The monoisotopic (exact) mass is 211 g/mol. The van der Waals surface area contributed by atoms with E-state index in [9.17, 15) is 0 Å². The van der Waals surface area contributed by atoms with E-state index in [0.717, 1.165) is 13.1 Å². The van der Waals surface area contributed by atoms with Gasteiger partial charge in [0.05, 0.1) is 0 Å². The summed E-state index contributed by atoms with van der Waals surface area (Å²) < 4.78 is 0. The Morgan fingerprint density at radius 1 is 1.29 bits per heavy atom. The molecular weight excluding hydrogens is 190 g/mol. The van der Waals surface area contributed by atoms with Crippen LogP contribution in [0, 0.1) is 0 Å². The Labute approximate surface area is 91.5 Å². The summed E-state index contributed by atoms with van der Waals surface area (Å²) in [5.41, 5.74) is 0.365. The third kappa shape index (κ3) is 2.37. The van der Waals surface area contributed by atoms with Gasteiger partial charge in [0.25, 0.3) is 0 Å². The number of thiophene rings is 1. The second-order valence-corrected chi connectivity index (χ2v) is 4.69.